The summed E-state index contributed by atoms with van der Waals surface area (Å²) in [5.41, 5.74) is 5.52. The van der Waals surface area contributed by atoms with Gasteiger partial charge in [-0.1, -0.05) is 25.4 Å². The zero-order chi connectivity index (χ0) is 12.8. The molecule has 0 aliphatic rings. The second kappa shape index (κ2) is 6.61. The van der Waals surface area contributed by atoms with Crippen LogP contribution in [0.4, 0.5) is 11.8 Å². The second-order valence-corrected chi connectivity index (χ2v) is 4.27. The second-order valence-electron chi connectivity index (χ2n) is 3.89. The number of halogens is 1. The number of rotatable bonds is 6. The van der Waals surface area contributed by atoms with Gasteiger partial charge >= 0.3 is 0 Å². The third-order valence-electron chi connectivity index (χ3n) is 2.73. The van der Waals surface area contributed by atoms with Crippen molar-refractivity contribution in [1.82, 2.24) is 14.9 Å². The lowest BCUT2D eigenvalue weighted by atomic mass is 10.3. The number of nitrogens with zero attached hydrogens (tertiary/aromatic N) is 3. The van der Waals surface area contributed by atoms with E-state index < -0.39 is 0 Å². The van der Waals surface area contributed by atoms with Gasteiger partial charge in [0.25, 0.3) is 0 Å². The topological polar surface area (TPSA) is 67.1 Å². The molecule has 0 spiro atoms. The molecule has 0 aliphatic heterocycles. The molecule has 3 N–H and O–H groups in total. The first-order valence-electron chi connectivity index (χ1n) is 5.84. The molecule has 5 nitrogen and oxygen atoms in total. The highest BCUT2D eigenvalue weighted by atomic mass is 35.5. The van der Waals surface area contributed by atoms with Crippen molar-refractivity contribution in [2.24, 2.45) is 0 Å². The van der Waals surface area contributed by atoms with E-state index in [2.05, 4.69) is 41.0 Å². The van der Waals surface area contributed by atoms with Crippen LogP contribution < -0.4 is 11.1 Å². The molecule has 0 saturated heterocycles. The average molecular weight is 258 g/mol. The lowest BCUT2D eigenvalue weighted by Crippen LogP contribution is -2.37. The van der Waals surface area contributed by atoms with Crippen LogP contribution in [0.25, 0.3) is 0 Å². The van der Waals surface area contributed by atoms with E-state index in [4.69, 9.17) is 17.3 Å². The Balaban J connectivity index is 2.55. The van der Waals surface area contributed by atoms with Crippen LogP contribution in [0.15, 0.2) is 6.07 Å². The van der Waals surface area contributed by atoms with Crippen molar-refractivity contribution in [2.45, 2.75) is 26.8 Å². The summed E-state index contributed by atoms with van der Waals surface area (Å²) in [7, 11) is 0. The third-order valence-corrected chi connectivity index (χ3v) is 2.92. The Labute approximate surface area is 107 Å². The molecule has 0 bridgehead atoms. The van der Waals surface area contributed by atoms with Gasteiger partial charge in [-0.25, -0.2) is 4.98 Å². The predicted octanol–water partition coefficient (Wildman–Crippen LogP) is 1.85. The van der Waals surface area contributed by atoms with Crippen LogP contribution in [-0.2, 0) is 0 Å². The molecule has 1 unspecified atom stereocenters. The van der Waals surface area contributed by atoms with Gasteiger partial charge in [0.2, 0.25) is 5.95 Å². The molecule has 0 aromatic carbocycles. The molecule has 6 heteroatoms. The van der Waals surface area contributed by atoms with Crippen molar-refractivity contribution in [3.05, 3.63) is 11.2 Å². The Morgan fingerprint density at radius 3 is 2.59 bits per heavy atom. The zero-order valence-electron chi connectivity index (χ0n) is 10.6. The maximum absolute atomic E-state index is 5.80. The van der Waals surface area contributed by atoms with Gasteiger partial charge in [0.1, 0.15) is 11.0 Å². The normalized spacial score (nSPS) is 12.8. The molecule has 1 heterocycles. The quantitative estimate of drug-likeness (QED) is 0.762. The summed E-state index contributed by atoms with van der Waals surface area (Å²) in [5, 5.41) is 3.57. The highest BCUT2D eigenvalue weighted by molar-refractivity contribution is 6.29. The van der Waals surface area contributed by atoms with E-state index in [1.165, 1.54) is 0 Å². The largest absolute Gasteiger partial charge is 0.368 e. The van der Waals surface area contributed by atoms with E-state index in [0.717, 1.165) is 19.6 Å². The number of anilines is 2. The van der Waals surface area contributed by atoms with Crippen LogP contribution in [0.1, 0.15) is 20.8 Å². The molecular formula is C11H20ClN5. The minimum atomic E-state index is 0.190. The van der Waals surface area contributed by atoms with E-state index >= 15 is 0 Å². The Morgan fingerprint density at radius 2 is 2.06 bits per heavy atom. The summed E-state index contributed by atoms with van der Waals surface area (Å²) in [6, 6.07) is 2.10. The van der Waals surface area contributed by atoms with E-state index in [1.54, 1.807) is 6.07 Å². The lowest BCUT2D eigenvalue weighted by molar-refractivity contribution is 0.240. The van der Waals surface area contributed by atoms with Gasteiger partial charge in [-0.2, -0.15) is 4.98 Å². The monoisotopic (exact) mass is 257 g/mol. The van der Waals surface area contributed by atoms with E-state index in [-0.39, 0.29) is 5.95 Å². The summed E-state index contributed by atoms with van der Waals surface area (Å²) < 4.78 is 0. The first-order chi connectivity index (χ1) is 8.06. The van der Waals surface area contributed by atoms with Crippen LogP contribution in [-0.4, -0.2) is 40.5 Å². The van der Waals surface area contributed by atoms with Crippen molar-refractivity contribution >= 4 is 23.4 Å². The Bertz CT molecular complexity index is 333. The molecule has 0 radical (unpaired) electrons. The zero-order valence-corrected chi connectivity index (χ0v) is 11.3. The summed E-state index contributed by atoms with van der Waals surface area (Å²) in [4.78, 5) is 10.2. The first kappa shape index (κ1) is 14.0. The first-order valence-corrected chi connectivity index (χ1v) is 6.22. The van der Waals surface area contributed by atoms with Crippen molar-refractivity contribution < 1.29 is 0 Å². The molecule has 0 amide bonds. The van der Waals surface area contributed by atoms with Gasteiger partial charge in [0.05, 0.1) is 0 Å². The number of nitrogens with one attached hydrogen (secondary N) is 1. The van der Waals surface area contributed by atoms with E-state index in [9.17, 15) is 0 Å². The van der Waals surface area contributed by atoms with Crippen LogP contribution in [0.2, 0.25) is 5.15 Å². The smallest absolute Gasteiger partial charge is 0.223 e. The number of likely N-dealkylation sites (N-methyl/N-ethyl adjacent to an activating group) is 1. The summed E-state index contributed by atoms with van der Waals surface area (Å²) in [6.45, 7) is 9.34. The van der Waals surface area contributed by atoms with Gasteiger partial charge in [0.15, 0.2) is 0 Å². The van der Waals surface area contributed by atoms with Crippen LogP contribution in [0, 0.1) is 0 Å². The van der Waals surface area contributed by atoms with Crippen molar-refractivity contribution in [3.63, 3.8) is 0 Å². The van der Waals surface area contributed by atoms with Gasteiger partial charge in [-0.3, -0.25) is 4.90 Å². The van der Waals surface area contributed by atoms with Gasteiger partial charge in [-0.05, 0) is 20.0 Å². The maximum atomic E-state index is 5.80. The lowest BCUT2D eigenvalue weighted by Gasteiger charge is -2.26. The molecule has 1 rings (SSSR count). The highest BCUT2D eigenvalue weighted by Crippen LogP contribution is 2.12. The maximum Gasteiger partial charge on any atom is 0.223 e. The average Bonchev–Trinajstić information content (AvgIpc) is 2.27. The number of hydrogen-bond acceptors (Lipinski definition) is 5. The minimum Gasteiger partial charge on any atom is -0.368 e. The molecular weight excluding hydrogens is 238 g/mol. The molecule has 17 heavy (non-hydrogen) atoms. The fourth-order valence-electron chi connectivity index (χ4n) is 1.75. The van der Waals surface area contributed by atoms with Gasteiger partial charge in [0, 0.05) is 18.7 Å². The SMILES string of the molecule is CCN(CC)C(C)CNc1cc(Cl)nc(N)n1. The summed E-state index contributed by atoms with van der Waals surface area (Å²) in [6.07, 6.45) is 0. The molecule has 96 valence electrons. The van der Waals surface area contributed by atoms with Crippen LogP contribution in [0.5, 0.6) is 0 Å². The van der Waals surface area contributed by atoms with Crippen molar-refractivity contribution in [1.29, 1.82) is 0 Å². The van der Waals surface area contributed by atoms with Gasteiger partial charge in [-0.15, -0.1) is 0 Å². The van der Waals surface area contributed by atoms with E-state index in [0.29, 0.717) is 17.0 Å². The molecule has 1 aromatic rings. The predicted molar refractivity (Wildman–Crippen MR) is 72.3 cm³/mol. The van der Waals surface area contributed by atoms with E-state index in [1.807, 2.05) is 0 Å². The standard InChI is InChI=1S/C11H20ClN5/c1-4-17(5-2)8(3)7-14-10-6-9(12)15-11(13)16-10/h6,8H,4-5,7H2,1-3H3,(H3,13,14,15,16). The molecule has 1 atom stereocenters. The van der Waals surface area contributed by atoms with Crippen LogP contribution in [0.3, 0.4) is 0 Å². The highest BCUT2D eigenvalue weighted by Gasteiger charge is 2.10. The minimum absolute atomic E-state index is 0.190. The number of aromatic nitrogens is 2. The number of nitrogens with two attached hydrogens (primary N) is 1. The molecule has 0 saturated carbocycles. The molecule has 0 aliphatic carbocycles. The molecule has 0 fully saturated rings. The fraction of sp³-hybridized carbons (Fsp3) is 0.636. The Hall–Kier alpha value is -1.07. The Kier molecular flexibility index (Phi) is 5.44. The third kappa shape index (κ3) is 4.36. The summed E-state index contributed by atoms with van der Waals surface area (Å²) >= 11 is 5.80. The van der Waals surface area contributed by atoms with Gasteiger partial charge < -0.3 is 11.1 Å². The van der Waals surface area contributed by atoms with Crippen molar-refractivity contribution in [2.75, 3.05) is 30.7 Å². The number of nitrogen functional groups attached to an aromatic ring is 1. The van der Waals surface area contributed by atoms with Crippen LogP contribution >= 0.6 is 11.6 Å². The fourth-order valence-corrected chi connectivity index (χ4v) is 1.94. The number of hydrogen-bond donors (Lipinski definition) is 2. The van der Waals surface area contributed by atoms with Crippen molar-refractivity contribution in [3.8, 4) is 0 Å². The summed E-state index contributed by atoms with van der Waals surface area (Å²) in [5.74, 6) is 0.858. The molecule has 1 aromatic heterocycles. The Morgan fingerprint density at radius 1 is 1.41 bits per heavy atom.